The first kappa shape index (κ1) is 20.3. The lowest BCUT2D eigenvalue weighted by Gasteiger charge is -2.20. The number of carbonyl (C=O) groups excluding carboxylic acids is 1. The molecule has 1 aromatic carbocycles. The van der Waals surface area contributed by atoms with Gasteiger partial charge >= 0.3 is 0 Å². The van der Waals surface area contributed by atoms with Gasteiger partial charge in [0.1, 0.15) is 16.6 Å². The Balaban J connectivity index is 1.41. The summed E-state index contributed by atoms with van der Waals surface area (Å²) in [5.74, 6) is -0.0439. The first-order valence-electron chi connectivity index (χ1n) is 10.0. The molecule has 1 saturated carbocycles. The monoisotopic (exact) mass is 429 g/mol. The second-order valence-electron chi connectivity index (χ2n) is 7.44. The number of aliphatic imine (C=N–C) groups is 2. The van der Waals surface area contributed by atoms with Crippen LogP contribution in [0, 0.1) is 5.82 Å². The number of halogens is 1. The molecule has 1 spiro atoms. The predicted molar refractivity (Wildman–Crippen MR) is 119 cm³/mol. The minimum atomic E-state index is -0.331. The smallest absolute Gasteiger partial charge is 0.230 e. The third kappa shape index (κ3) is 5.14. The van der Waals surface area contributed by atoms with Gasteiger partial charge in [0.2, 0.25) is 5.91 Å². The summed E-state index contributed by atoms with van der Waals surface area (Å²) in [6.45, 7) is 0.391. The Morgan fingerprint density at radius 3 is 2.55 bits per heavy atom. The van der Waals surface area contributed by atoms with Gasteiger partial charge in [-0.05, 0) is 54.8 Å². The van der Waals surface area contributed by atoms with Crippen molar-refractivity contribution in [3.63, 3.8) is 0 Å². The van der Waals surface area contributed by atoms with Crippen LogP contribution in [0.15, 0.2) is 51.8 Å². The van der Waals surface area contributed by atoms with Crippen LogP contribution in [0.4, 0.5) is 4.39 Å². The zero-order chi connectivity index (χ0) is 20.1. The van der Waals surface area contributed by atoms with Crippen molar-refractivity contribution in [1.29, 1.82) is 0 Å². The SMILES string of the molecule is O=C(CSC1=NC2(CCCCCC2)N=C1c1cccs1)NCc1ccc(F)cc1. The van der Waals surface area contributed by atoms with Crippen LogP contribution in [0.3, 0.4) is 0 Å². The van der Waals surface area contributed by atoms with Gasteiger partial charge in [0.25, 0.3) is 0 Å². The number of hydrogen-bond donors (Lipinski definition) is 1. The summed E-state index contributed by atoms with van der Waals surface area (Å²) in [4.78, 5) is 23.6. The molecule has 0 radical (unpaired) electrons. The highest BCUT2D eigenvalue weighted by molar-refractivity contribution is 8.16. The van der Waals surface area contributed by atoms with Gasteiger partial charge in [-0.1, -0.05) is 42.8 Å². The fourth-order valence-corrected chi connectivity index (χ4v) is 5.38. The minimum Gasteiger partial charge on any atom is -0.351 e. The Bertz CT molecular complexity index is 899. The van der Waals surface area contributed by atoms with Crippen molar-refractivity contribution in [3.05, 3.63) is 58.0 Å². The molecule has 1 amide bonds. The molecule has 4 nitrogen and oxygen atoms in total. The lowest BCUT2D eigenvalue weighted by Crippen LogP contribution is -2.25. The van der Waals surface area contributed by atoms with E-state index in [0.717, 1.165) is 46.9 Å². The summed E-state index contributed by atoms with van der Waals surface area (Å²) in [6, 6.07) is 10.3. The molecular formula is C22H24FN3OS2. The van der Waals surface area contributed by atoms with Crippen molar-refractivity contribution in [2.75, 3.05) is 5.75 Å². The largest absolute Gasteiger partial charge is 0.351 e. The fraction of sp³-hybridized carbons (Fsp3) is 0.409. The highest BCUT2D eigenvalue weighted by atomic mass is 32.2. The number of thioether (sulfide) groups is 1. The average Bonchev–Trinajstić information content (AvgIpc) is 3.31. The molecule has 1 aromatic heterocycles. The molecule has 1 N–H and O–H groups in total. The van der Waals surface area contributed by atoms with E-state index in [0.29, 0.717) is 12.3 Å². The molecule has 0 saturated heterocycles. The zero-order valence-corrected chi connectivity index (χ0v) is 17.8. The molecule has 0 unspecified atom stereocenters. The molecule has 2 aliphatic rings. The van der Waals surface area contributed by atoms with Crippen LogP contribution in [0.5, 0.6) is 0 Å². The van der Waals surface area contributed by atoms with Gasteiger partial charge in [-0.2, -0.15) is 0 Å². The van der Waals surface area contributed by atoms with Gasteiger partial charge in [-0.25, -0.2) is 9.38 Å². The van der Waals surface area contributed by atoms with Gasteiger partial charge in [0, 0.05) is 6.54 Å². The number of carbonyl (C=O) groups is 1. The molecule has 1 fully saturated rings. The predicted octanol–water partition coefficient (Wildman–Crippen LogP) is 5.19. The summed E-state index contributed by atoms with van der Waals surface area (Å²) in [7, 11) is 0. The van der Waals surface area contributed by atoms with Crippen LogP contribution in [0.25, 0.3) is 0 Å². The summed E-state index contributed by atoms with van der Waals surface area (Å²) in [5.41, 5.74) is 1.49. The van der Waals surface area contributed by atoms with Gasteiger partial charge in [-0.3, -0.25) is 9.79 Å². The maximum Gasteiger partial charge on any atom is 0.230 e. The van der Waals surface area contributed by atoms with E-state index in [1.165, 1.54) is 36.7 Å². The highest BCUT2D eigenvalue weighted by Gasteiger charge is 2.37. The number of benzene rings is 1. The van der Waals surface area contributed by atoms with E-state index < -0.39 is 0 Å². The average molecular weight is 430 g/mol. The van der Waals surface area contributed by atoms with Crippen molar-refractivity contribution in [2.24, 2.45) is 9.98 Å². The maximum atomic E-state index is 13.0. The molecule has 2 aromatic rings. The fourth-order valence-electron chi connectivity index (χ4n) is 3.70. The van der Waals surface area contributed by atoms with Crippen molar-refractivity contribution < 1.29 is 9.18 Å². The van der Waals surface area contributed by atoms with E-state index in [1.54, 1.807) is 23.5 Å². The third-order valence-electron chi connectivity index (χ3n) is 5.23. The summed E-state index contributed by atoms with van der Waals surface area (Å²) in [6.07, 6.45) is 6.78. The molecule has 29 heavy (non-hydrogen) atoms. The number of nitrogens with one attached hydrogen (secondary N) is 1. The quantitative estimate of drug-likeness (QED) is 0.711. The van der Waals surface area contributed by atoms with Crippen molar-refractivity contribution >= 4 is 39.8 Å². The van der Waals surface area contributed by atoms with E-state index in [2.05, 4.69) is 11.4 Å². The number of thiophene rings is 1. The number of nitrogens with zero attached hydrogens (tertiary/aromatic N) is 2. The first-order chi connectivity index (χ1) is 14.1. The second kappa shape index (κ2) is 9.22. The zero-order valence-electron chi connectivity index (χ0n) is 16.2. The topological polar surface area (TPSA) is 53.8 Å². The lowest BCUT2D eigenvalue weighted by molar-refractivity contribution is -0.118. The van der Waals surface area contributed by atoms with Crippen molar-refractivity contribution in [2.45, 2.75) is 50.7 Å². The Kier molecular flexibility index (Phi) is 6.45. The number of amides is 1. The third-order valence-corrected chi connectivity index (χ3v) is 7.08. The lowest BCUT2D eigenvalue weighted by atomic mass is 10.0. The normalized spacial score (nSPS) is 18.2. The molecular weight excluding hydrogens is 405 g/mol. The van der Waals surface area contributed by atoms with Gasteiger partial charge in [0.05, 0.1) is 10.6 Å². The Morgan fingerprint density at radius 1 is 1.10 bits per heavy atom. The Labute approximate surface area is 178 Å². The molecule has 1 aliphatic carbocycles. The second-order valence-corrected chi connectivity index (χ2v) is 9.35. The molecule has 0 bridgehead atoms. The summed E-state index contributed by atoms with van der Waals surface area (Å²) in [5, 5.41) is 5.83. The summed E-state index contributed by atoms with van der Waals surface area (Å²) >= 11 is 3.13. The van der Waals surface area contributed by atoms with Gasteiger partial charge in [-0.15, -0.1) is 11.3 Å². The highest BCUT2D eigenvalue weighted by Crippen LogP contribution is 2.38. The number of hydrogen-bond acceptors (Lipinski definition) is 5. The molecule has 152 valence electrons. The minimum absolute atomic E-state index is 0.0608. The van der Waals surface area contributed by atoms with Gasteiger partial charge in [0.15, 0.2) is 5.66 Å². The van der Waals surface area contributed by atoms with Crippen LogP contribution >= 0.6 is 23.1 Å². The summed E-state index contributed by atoms with van der Waals surface area (Å²) < 4.78 is 13.0. The van der Waals surface area contributed by atoms with E-state index in [4.69, 9.17) is 9.98 Å². The first-order valence-corrected chi connectivity index (χ1v) is 11.9. The van der Waals surface area contributed by atoms with Crippen LogP contribution < -0.4 is 5.32 Å². The van der Waals surface area contributed by atoms with Gasteiger partial charge < -0.3 is 5.32 Å². The van der Waals surface area contributed by atoms with Crippen LogP contribution in [0.2, 0.25) is 0 Å². The van der Waals surface area contributed by atoms with Crippen LogP contribution in [-0.2, 0) is 11.3 Å². The van der Waals surface area contributed by atoms with Crippen LogP contribution in [-0.4, -0.2) is 28.1 Å². The van der Waals surface area contributed by atoms with E-state index in [-0.39, 0.29) is 17.4 Å². The number of rotatable bonds is 5. The van der Waals surface area contributed by atoms with Crippen LogP contribution in [0.1, 0.15) is 49.0 Å². The van der Waals surface area contributed by atoms with Crippen molar-refractivity contribution in [1.82, 2.24) is 5.32 Å². The Morgan fingerprint density at radius 2 is 1.86 bits per heavy atom. The maximum absolute atomic E-state index is 13.0. The molecule has 0 atom stereocenters. The molecule has 4 rings (SSSR count). The van der Waals surface area contributed by atoms with E-state index in [9.17, 15) is 9.18 Å². The Hall–Kier alpha value is -1.99. The molecule has 2 heterocycles. The van der Waals surface area contributed by atoms with Crippen molar-refractivity contribution in [3.8, 4) is 0 Å². The standard InChI is InChI=1S/C22H24FN3OS2/c23-17-9-7-16(8-10-17)14-24-19(27)15-29-21-20(18-6-5-13-28-18)25-22(26-21)11-3-1-2-4-12-22/h5-10,13H,1-4,11-12,14-15H2,(H,24,27). The molecule has 1 aliphatic heterocycles. The molecule has 7 heteroatoms. The van der Waals surface area contributed by atoms with E-state index >= 15 is 0 Å². The van der Waals surface area contributed by atoms with E-state index in [1.807, 2.05) is 11.4 Å².